The van der Waals surface area contributed by atoms with Crippen LogP contribution in [0.4, 0.5) is 0 Å². The van der Waals surface area contributed by atoms with E-state index in [1.165, 1.54) is 0 Å². The van der Waals surface area contributed by atoms with E-state index in [4.69, 9.17) is 21.1 Å². The number of rotatable bonds is 8. The van der Waals surface area contributed by atoms with Crippen molar-refractivity contribution in [1.82, 2.24) is 0 Å². The second kappa shape index (κ2) is 8.68. The van der Waals surface area contributed by atoms with Gasteiger partial charge in [0.25, 0.3) is 0 Å². The number of hydrogen-bond donors (Lipinski definition) is 0. The number of hydrogen-bond acceptors (Lipinski definition) is 4. The first-order valence-corrected chi connectivity index (χ1v) is 8.59. The third-order valence-corrected chi connectivity index (χ3v) is 3.89. The molecule has 0 atom stereocenters. The van der Waals surface area contributed by atoms with E-state index < -0.39 is 11.6 Å². The average Bonchev–Trinajstić information content (AvgIpc) is 2.62. The predicted molar refractivity (Wildman–Crippen MR) is 102 cm³/mol. The number of ether oxygens (including phenoxy) is 2. The summed E-state index contributed by atoms with van der Waals surface area (Å²) < 4.78 is 10.9. The molecule has 0 N–H and O–H groups in total. The molecule has 0 aromatic heterocycles. The summed E-state index contributed by atoms with van der Waals surface area (Å²) in [5.41, 5.74) is -0.0664. The van der Waals surface area contributed by atoms with Gasteiger partial charge < -0.3 is 9.47 Å². The molecule has 2 aromatic rings. The minimum Gasteiger partial charge on any atom is -0.476 e. The van der Waals surface area contributed by atoms with Crippen molar-refractivity contribution in [3.63, 3.8) is 0 Å². The minimum atomic E-state index is -1.14. The highest BCUT2D eigenvalue weighted by Gasteiger charge is 2.31. The van der Waals surface area contributed by atoms with E-state index in [9.17, 15) is 9.59 Å². The molecule has 0 unspecified atom stereocenters. The third-order valence-electron chi connectivity index (χ3n) is 3.64. The minimum absolute atomic E-state index is 0.115. The van der Waals surface area contributed by atoms with Crippen LogP contribution >= 0.6 is 11.6 Å². The van der Waals surface area contributed by atoms with E-state index in [2.05, 4.69) is 6.58 Å². The van der Waals surface area contributed by atoms with Crippen molar-refractivity contribution in [2.45, 2.75) is 25.9 Å². The number of halogens is 1. The van der Waals surface area contributed by atoms with Gasteiger partial charge in [-0.1, -0.05) is 17.7 Å². The topological polar surface area (TPSA) is 52.6 Å². The van der Waals surface area contributed by atoms with E-state index in [1.807, 2.05) is 0 Å². The molecule has 2 aromatic carbocycles. The Hall–Kier alpha value is -2.59. The lowest BCUT2D eigenvalue weighted by atomic mass is 10.0. The summed E-state index contributed by atoms with van der Waals surface area (Å²) in [5.74, 6) is -0.0969. The maximum atomic E-state index is 12.4. The number of benzene rings is 2. The van der Waals surface area contributed by atoms with Crippen molar-refractivity contribution in [3.05, 3.63) is 77.3 Å². The highest BCUT2D eigenvalue weighted by molar-refractivity contribution is 6.30. The van der Waals surface area contributed by atoms with E-state index in [0.29, 0.717) is 28.3 Å². The average molecular weight is 373 g/mol. The molecule has 0 aliphatic heterocycles. The zero-order chi connectivity index (χ0) is 19.2. The molecule has 2 rings (SSSR count). The molecule has 0 saturated carbocycles. The fourth-order valence-electron chi connectivity index (χ4n) is 2.19. The van der Waals surface area contributed by atoms with Crippen LogP contribution in [0.2, 0.25) is 5.02 Å². The summed E-state index contributed by atoms with van der Waals surface area (Å²) in [6.07, 6.45) is 2.26. The fourth-order valence-corrected chi connectivity index (χ4v) is 2.31. The van der Waals surface area contributed by atoms with Gasteiger partial charge in [0.2, 0.25) is 0 Å². The molecular weight excluding hydrogens is 352 g/mol. The van der Waals surface area contributed by atoms with Crippen molar-refractivity contribution in [2.75, 3.05) is 6.61 Å². The molecule has 4 nitrogen and oxygen atoms in total. The van der Waals surface area contributed by atoms with Gasteiger partial charge in [0.1, 0.15) is 5.75 Å². The van der Waals surface area contributed by atoms with Gasteiger partial charge in [0.15, 0.2) is 11.4 Å². The maximum Gasteiger partial charge on any atom is 0.349 e. The highest BCUT2D eigenvalue weighted by Crippen LogP contribution is 2.22. The van der Waals surface area contributed by atoms with Crippen LogP contribution in [0, 0.1) is 0 Å². The summed E-state index contributed by atoms with van der Waals surface area (Å²) in [4.78, 5) is 24.5. The molecule has 0 heterocycles. The fraction of sp³-hybridized carbons (Fsp3) is 0.238. The third kappa shape index (κ3) is 5.20. The number of esters is 1. The normalized spacial score (nSPS) is 10.9. The Kier molecular flexibility index (Phi) is 6.58. The van der Waals surface area contributed by atoms with Crippen molar-refractivity contribution < 1.29 is 19.1 Å². The highest BCUT2D eigenvalue weighted by atomic mass is 35.5. The van der Waals surface area contributed by atoms with Crippen LogP contribution in [0.5, 0.6) is 5.75 Å². The van der Waals surface area contributed by atoms with E-state index in [0.717, 1.165) is 0 Å². The summed E-state index contributed by atoms with van der Waals surface area (Å²) in [7, 11) is 0. The van der Waals surface area contributed by atoms with Gasteiger partial charge in [-0.2, -0.15) is 0 Å². The van der Waals surface area contributed by atoms with E-state index in [1.54, 1.807) is 68.5 Å². The Morgan fingerprint density at radius 1 is 1.04 bits per heavy atom. The monoisotopic (exact) mass is 372 g/mol. The smallest absolute Gasteiger partial charge is 0.349 e. The van der Waals surface area contributed by atoms with Gasteiger partial charge in [0, 0.05) is 16.1 Å². The molecule has 0 amide bonds. The Labute approximate surface area is 158 Å². The molecule has 0 aliphatic carbocycles. The van der Waals surface area contributed by atoms with Crippen molar-refractivity contribution in [1.29, 1.82) is 0 Å². The number of ketones is 1. The van der Waals surface area contributed by atoms with Crippen LogP contribution < -0.4 is 4.74 Å². The van der Waals surface area contributed by atoms with E-state index >= 15 is 0 Å². The van der Waals surface area contributed by atoms with Crippen LogP contribution in [0.3, 0.4) is 0 Å². The number of carbonyl (C=O) groups excluding carboxylic acids is 2. The van der Waals surface area contributed by atoms with Crippen LogP contribution in [-0.2, 0) is 9.53 Å². The molecule has 0 bridgehead atoms. The van der Waals surface area contributed by atoms with Crippen molar-refractivity contribution in [2.24, 2.45) is 0 Å². The van der Waals surface area contributed by atoms with Crippen molar-refractivity contribution in [3.8, 4) is 5.75 Å². The van der Waals surface area contributed by atoms with Gasteiger partial charge in [-0.05, 0) is 68.8 Å². The summed E-state index contributed by atoms with van der Waals surface area (Å²) in [6.45, 7) is 7.12. The quantitative estimate of drug-likeness (QED) is 0.288. The lowest BCUT2D eigenvalue weighted by Crippen LogP contribution is -2.39. The van der Waals surface area contributed by atoms with Gasteiger partial charge in [-0.25, -0.2) is 4.79 Å². The lowest BCUT2D eigenvalue weighted by Gasteiger charge is -2.24. The van der Waals surface area contributed by atoms with Crippen LogP contribution in [0.1, 0.15) is 36.2 Å². The zero-order valence-corrected chi connectivity index (χ0v) is 15.6. The molecular formula is C21H21ClO4. The Morgan fingerprint density at radius 2 is 1.58 bits per heavy atom. The first-order chi connectivity index (χ1) is 12.3. The van der Waals surface area contributed by atoms with E-state index in [-0.39, 0.29) is 12.4 Å². The number of carbonyl (C=O) groups is 2. The molecule has 5 heteroatoms. The van der Waals surface area contributed by atoms with Gasteiger partial charge in [-0.3, -0.25) is 4.79 Å². The Bertz CT molecular complexity index is 777. The summed E-state index contributed by atoms with van der Waals surface area (Å²) in [5, 5.41) is 0.576. The first kappa shape index (κ1) is 19.7. The second-order valence-electron chi connectivity index (χ2n) is 6.19. The zero-order valence-electron chi connectivity index (χ0n) is 14.8. The standard InChI is InChI=1S/C21H21ClO4/c1-4-5-14-25-20(24)21(2,3)26-18-12-8-16(9-13-18)19(23)15-6-10-17(22)11-7-15/h4,6-13H,1,5,14H2,2-3H3. The van der Waals surface area contributed by atoms with Gasteiger partial charge in [-0.15, -0.1) is 6.58 Å². The van der Waals surface area contributed by atoms with Gasteiger partial charge in [0.05, 0.1) is 6.61 Å². The Balaban J connectivity index is 2.04. The molecule has 26 heavy (non-hydrogen) atoms. The molecule has 0 spiro atoms. The van der Waals surface area contributed by atoms with Crippen LogP contribution in [-0.4, -0.2) is 24.0 Å². The Morgan fingerprint density at radius 3 is 2.12 bits per heavy atom. The molecule has 0 fully saturated rings. The summed E-state index contributed by atoms with van der Waals surface area (Å²) in [6, 6.07) is 13.3. The summed E-state index contributed by atoms with van der Waals surface area (Å²) >= 11 is 5.84. The molecule has 0 aliphatic rings. The van der Waals surface area contributed by atoms with Crippen molar-refractivity contribution >= 4 is 23.4 Å². The molecule has 0 saturated heterocycles. The lowest BCUT2D eigenvalue weighted by molar-refractivity contribution is -0.159. The predicted octanol–water partition coefficient (Wildman–Crippen LogP) is 4.85. The largest absolute Gasteiger partial charge is 0.476 e. The first-order valence-electron chi connectivity index (χ1n) is 8.21. The van der Waals surface area contributed by atoms with Crippen LogP contribution in [0.25, 0.3) is 0 Å². The second-order valence-corrected chi connectivity index (χ2v) is 6.62. The maximum absolute atomic E-state index is 12.4. The molecule has 136 valence electrons. The van der Waals surface area contributed by atoms with Crippen LogP contribution in [0.15, 0.2) is 61.2 Å². The SMILES string of the molecule is C=CCCOC(=O)C(C)(C)Oc1ccc(C(=O)c2ccc(Cl)cc2)cc1. The van der Waals surface area contributed by atoms with Gasteiger partial charge >= 0.3 is 5.97 Å². The molecule has 0 radical (unpaired) electrons.